The van der Waals surface area contributed by atoms with Gasteiger partial charge in [-0.05, 0) is 67.7 Å². The second-order valence-electron chi connectivity index (χ2n) is 9.89. The first-order valence-electron chi connectivity index (χ1n) is 11.4. The van der Waals surface area contributed by atoms with E-state index in [1.54, 1.807) is 17.4 Å². The number of nitrogens with zero attached hydrogens (tertiary/aromatic N) is 2. The average Bonchev–Trinajstić information content (AvgIpc) is 3.22. The molecule has 1 aliphatic heterocycles. The number of likely N-dealkylation sites (tertiary alicyclic amines) is 1. The van der Waals surface area contributed by atoms with Crippen LogP contribution in [0.5, 0.6) is 5.75 Å². The van der Waals surface area contributed by atoms with Gasteiger partial charge in [-0.15, -0.1) is 11.3 Å². The lowest BCUT2D eigenvalue weighted by atomic mass is 9.76. The fourth-order valence-electron chi connectivity index (χ4n) is 4.30. The summed E-state index contributed by atoms with van der Waals surface area (Å²) in [5.41, 5.74) is 2.08. The summed E-state index contributed by atoms with van der Waals surface area (Å²) in [6, 6.07) is 5.77. The Balaban J connectivity index is 1.87. The van der Waals surface area contributed by atoms with Crippen molar-refractivity contribution >= 4 is 11.3 Å². The van der Waals surface area contributed by atoms with E-state index >= 15 is 0 Å². The first-order valence-corrected chi connectivity index (χ1v) is 12.2. The predicted molar refractivity (Wildman–Crippen MR) is 125 cm³/mol. The summed E-state index contributed by atoms with van der Waals surface area (Å²) in [5, 5.41) is 0.743. The van der Waals surface area contributed by atoms with Crippen molar-refractivity contribution in [1.82, 2.24) is 9.88 Å². The number of benzene rings is 1. The first-order chi connectivity index (χ1) is 14.6. The predicted octanol–water partition coefficient (Wildman–Crippen LogP) is 7.74. The monoisotopic (exact) mass is 450 g/mol. The summed E-state index contributed by atoms with van der Waals surface area (Å²) in [4.78, 5) is 8.34. The number of ether oxygens (including phenoxy) is 1. The SMILES string of the molecule is CCC(C)c1ccc(OC(F)F)c(-c2ncc(C(C)N3CCCC(C(C)(C)C)C3)s2)c1. The largest absolute Gasteiger partial charge is 0.434 e. The van der Waals surface area contributed by atoms with Crippen molar-refractivity contribution in [2.75, 3.05) is 13.1 Å². The van der Waals surface area contributed by atoms with Crippen molar-refractivity contribution in [3.05, 3.63) is 34.8 Å². The highest BCUT2D eigenvalue weighted by Gasteiger charge is 2.32. The lowest BCUT2D eigenvalue weighted by molar-refractivity contribution is -0.0494. The molecule has 0 aliphatic carbocycles. The Labute approximate surface area is 189 Å². The van der Waals surface area contributed by atoms with Crippen LogP contribution in [0.15, 0.2) is 24.4 Å². The minimum atomic E-state index is -2.85. The Morgan fingerprint density at radius 2 is 2.00 bits per heavy atom. The van der Waals surface area contributed by atoms with E-state index in [0.29, 0.717) is 22.8 Å². The molecular weight excluding hydrogens is 414 g/mol. The Morgan fingerprint density at radius 3 is 2.65 bits per heavy atom. The van der Waals surface area contributed by atoms with Gasteiger partial charge in [-0.2, -0.15) is 8.78 Å². The molecule has 0 spiro atoms. The van der Waals surface area contributed by atoms with Gasteiger partial charge in [-0.3, -0.25) is 4.90 Å². The highest BCUT2D eigenvalue weighted by atomic mass is 32.1. The summed E-state index contributed by atoms with van der Waals surface area (Å²) < 4.78 is 30.8. The zero-order valence-electron chi connectivity index (χ0n) is 19.6. The molecule has 3 unspecified atom stereocenters. The van der Waals surface area contributed by atoms with Crippen molar-refractivity contribution in [2.24, 2.45) is 11.3 Å². The van der Waals surface area contributed by atoms with E-state index in [0.717, 1.165) is 30.1 Å². The van der Waals surface area contributed by atoms with Gasteiger partial charge < -0.3 is 4.74 Å². The normalized spacial score (nSPS) is 20.1. The number of halogens is 2. The number of piperidine rings is 1. The Kier molecular flexibility index (Phi) is 7.74. The molecule has 31 heavy (non-hydrogen) atoms. The molecule has 1 aromatic carbocycles. The van der Waals surface area contributed by atoms with Crippen LogP contribution in [0.25, 0.3) is 10.6 Å². The molecule has 2 aromatic rings. The summed E-state index contributed by atoms with van der Waals surface area (Å²) in [7, 11) is 0. The lowest BCUT2D eigenvalue weighted by Crippen LogP contribution is -2.41. The molecule has 1 aliphatic rings. The zero-order valence-corrected chi connectivity index (χ0v) is 20.4. The van der Waals surface area contributed by atoms with Gasteiger partial charge in [-0.1, -0.05) is 40.7 Å². The van der Waals surface area contributed by atoms with E-state index in [1.807, 2.05) is 18.3 Å². The van der Waals surface area contributed by atoms with E-state index in [4.69, 9.17) is 4.74 Å². The molecule has 3 rings (SSSR count). The second-order valence-corrected chi connectivity index (χ2v) is 10.9. The van der Waals surface area contributed by atoms with Crippen LogP contribution < -0.4 is 4.74 Å². The molecule has 0 bridgehead atoms. The zero-order chi connectivity index (χ0) is 22.8. The quantitative estimate of drug-likeness (QED) is 0.431. The Morgan fingerprint density at radius 1 is 1.26 bits per heavy atom. The number of rotatable bonds is 7. The van der Waals surface area contributed by atoms with Crippen molar-refractivity contribution in [3.63, 3.8) is 0 Å². The third-order valence-corrected chi connectivity index (χ3v) is 7.99. The lowest BCUT2D eigenvalue weighted by Gasteiger charge is -2.42. The molecule has 0 N–H and O–H groups in total. The van der Waals surface area contributed by atoms with Gasteiger partial charge in [0.2, 0.25) is 0 Å². The van der Waals surface area contributed by atoms with Gasteiger partial charge >= 0.3 is 6.61 Å². The van der Waals surface area contributed by atoms with E-state index in [2.05, 4.69) is 51.4 Å². The van der Waals surface area contributed by atoms with E-state index in [-0.39, 0.29) is 11.8 Å². The standard InChI is InChI=1S/C25H36F2N2OS/c1-7-16(2)18-10-11-21(30-24(26)27)20(13-18)23-28-14-22(31-23)17(3)29-12-8-9-19(15-29)25(4,5)6/h10-11,13-14,16-17,19,24H,7-9,12,15H2,1-6H3. The van der Waals surface area contributed by atoms with Gasteiger partial charge in [-0.25, -0.2) is 4.98 Å². The van der Waals surface area contributed by atoms with Crippen LogP contribution >= 0.6 is 11.3 Å². The van der Waals surface area contributed by atoms with E-state index in [1.165, 1.54) is 17.7 Å². The molecule has 1 fully saturated rings. The number of alkyl halides is 2. The summed E-state index contributed by atoms with van der Waals surface area (Å²) in [5.74, 6) is 1.22. The van der Waals surface area contributed by atoms with Crippen molar-refractivity contribution in [1.29, 1.82) is 0 Å². The van der Waals surface area contributed by atoms with Gasteiger partial charge in [0.05, 0.1) is 5.56 Å². The topological polar surface area (TPSA) is 25.4 Å². The number of thiazole rings is 1. The van der Waals surface area contributed by atoms with Gasteiger partial charge in [0.15, 0.2) is 0 Å². The average molecular weight is 451 g/mol. The molecule has 1 saturated heterocycles. The maximum absolute atomic E-state index is 13.0. The van der Waals surface area contributed by atoms with Crippen LogP contribution in [0.2, 0.25) is 0 Å². The molecule has 3 atom stereocenters. The Hall–Kier alpha value is -1.53. The van der Waals surface area contributed by atoms with Gasteiger partial charge in [0, 0.05) is 23.7 Å². The molecule has 0 radical (unpaired) electrons. The van der Waals surface area contributed by atoms with Crippen molar-refractivity contribution in [2.45, 2.75) is 79.4 Å². The molecule has 3 nitrogen and oxygen atoms in total. The fourth-order valence-corrected chi connectivity index (χ4v) is 5.33. The number of hydrogen-bond donors (Lipinski definition) is 0. The molecule has 0 amide bonds. The summed E-state index contributed by atoms with van der Waals surface area (Å²) >= 11 is 1.59. The molecule has 0 saturated carbocycles. The van der Waals surface area contributed by atoms with Gasteiger partial charge in [0.1, 0.15) is 10.8 Å². The Bertz CT molecular complexity index is 861. The maximum atomic E-state index is 13.0. The minimum absolute atomic E-state index is 0.196. The molecule has 2 heterocycles. The van der Waals surface area contributed by atoms with E-state index < -0.39 is 6.61 Å². The van der Waals surface area contributed by atoms with Crippen LogP contribution in [0, 0.1) is 11.3 Å². The third kappa shape index (κ3) is 5.83. The third-order valence-electron chi connectivity index (χ3n) is 6.79. The number of hydrogen-bond acceptors (Lipinski definition) is 4. The summed E-state index contributed by atoms with van der Waals surface area (Å²) in [6.45, 7) is 12.8. The van der Waals surface area contributed by atoms with Crippen LogP contribution in [-0.4, -0.2) is 29.6 Å². The molecule has 172 valence electrons. The van der Waals surface area contributed by atoms with Crippen LogP contribution in [0.1, 0.15) is 83.2 Å². The first kappa shape index (κ1) is 24.1. The highest BCUT2D eigenvalue weighted by Crippen LogP contribution is 2.41. The van der Waals surface area contributed by atoms with Gasteiger partial charge in [0.25, 0.3) is 0 Å². The van der Waals surface area contributed by atoms with E-state index in [9.17, 15) is 8.78 Å². The van der Waals surface area contributed by atoms with Crippen LogP contribution in [0.3, 0.4) is 0 Å². The maximum Gasteiger partial charge on any atom is 0.387 e. The van der Waals surface area contributed by atoms with Crippen molar-refractivity contribution < 1.29 is 13.5 Å². The van der Waals surface area contributed by atoms with Crippen LogP contribution in [0.4, 0.5) is 8.78 Å². The molecule has 1 aromatic heterocycles. The summed E-state index contributed by atoms with van der Waals surface area (Å²) in [6.07, 6.45) is 5.38. The second kappa shape index (κ2) is 9.95. The number of aromatic nitrogens is 1. The minimum Gasteiger partial charge on any atom is -0.434 e. The molecular formula is C25H36F2N2OS. The van der Waals surface area contributed by atoms with Crippen molar-refractivity contribution in [3.8, 4) is 16.3 Å². The molecule has 6 heteroatoms. The smallest absolute Gasteiger partial charge is 0.387 e. The highest BCUT2D eigenvalue weighted by molar-refractivity contribution is 7.15. The fraction of sp³-hybridized carbons (Fsp3) is 0.640. The van der Waals surface area contributed by atoms with Crippen LogP contribution in [-0.2, 0) is 0 Å².